The maximum atomic E-state index is 12.1. The number of hydrogen-bond donors (Lipinski definition) is 0. The fourth-order valence-electron chi connectivity index (χ4n) is 4.84. The van der Waals surface area contributed by atoms with Crippen molar-refractivity contribution in [3.8, 4) is 0 Å². The lowest BCUT2D eigenvalue weighted by Gasteiger charge is -2.50. The number of methoxy groups -OCH3 is 1. The largest absolute Gasteiger partial charge is 0.466 e. The van der Waals surface area contributed by atoms with E-state index in [1.54, 1.807) is 12.2 Å². The molecular weight excluding hydrogens is 300 g/mol. The Morgan fingerprint density at radius 2 is 2.04 bits per heavy atom. The zero-order valence-electron chi connectivity index (χ0n) is 15.6. The highest BCUT2D eigenvalue weighted by atomic mass is 16.5. The summed E-state index contributed by atoms with van der Waals surface area (Å²) in [6, 6.07) is 0. The first-order chi connectivity index (χ1) is 11.3. The van der Waals surface area contributed by atoms with E-state index in [-0.39, 0.29) is 22.7 Å². The summed E-state index contributed by atoms with van der Waals surface area (Å²) < 4.78 is 4.76. The summed E-state index contributed by atoms with van der Waals surface area (Å²) in [5, 5.41) is 0. The van der Waals surface area contributed by atoms with Crippen LogP contribution < -0.4 is 0 Å². The first-order valence-corrected chi connectivity index (χ1v) is 9.26. The molecule has 3 heteroatoms. The third-order valence-electron chi connectivity index (χ3n) is 6.25. The van der Waals surface area contributed by atoms with Crippen LogP contribution in [0.25, 0.3) is 0 Å². The van der Waals surface area contributed by atoms with Crippen LogP contribution in [0.1, 0.15) is 65.7 Å². The van der Waals surface area contributed by atoms with Crippen LogP contribution in [0.2, 0.25) is 0 Å². The molecule has 2 aliphatic carbocycles. The van der Waals surface area contributed by atoms with E-state index in [4.69, 9.17) is 4.74 Å². The van der Waals surface area contributed by atoms with Gasteiger partial charge in [-0.05, 0) is 61.3 Å². The minimum absolute atomic E-state index is 0.0104. The molecule has 0 aromatic heterocycles. The molecule has 0 aliphatic heterocycles. The quantitative estimate of drug-likeness (QED) is 0.533. The highest BCUT2D eigenvalue weighted by Gasteiger charge is 2.45. The molecule has 0 amide bonds. The first kappa shape index (κ1) is 19.0. The van der Waals surface area contributed by atoms with Gasteiger partial charge in [0.15, 0.2) is 5.78 Å². The third kappa shape index (κ3) is 4.37. The van der Waals surface area contributed by atoms with Gasteiger partial charge in [-0.1, -0.05) is 39.3 Å². The number of esters is 1. The van der Waals surface area contributed by atoms with Crippen molar-refractivity contribution in [3.05, 3.63) is 24.3 Å². The molecule has 134 valence electrons. The van der Waals surface area contributed by atoms with Crippen LogP contribution in [0.4, 0.5) is 0 Å². The van der Waals surface area contributed by atoms with Crippen molar-refractivity contribution in [1.82, 2.24) is 0 Å². The van der Waals surface area contributed by atoms with Gasteiger partial charge in [-0.3, -0.25) is 4.79 Å². The molecule has 1 fully saturated rings. The van der Waals surface area contributed by atoms with Crippen molar-refractivity contribution in [1.29, 1.82) is 0 Å². The van der Waals surface area contributed by atoms with Crippen LogP contribution in [-0.2, 0) is 14.3 Å². The predicted molar refractivity (Wildman–Crippen MR) is 96.5 cm³/mol. The molecule has 1 saturated carbocycles. The van der Waals surface area contributed by atoms with Gasteiger partial charge in [-0.2, -0.15) is 0 Å². The van der Waals surface area contributed by atoms with Crippen LogP contribution in [0.3, 0.4) is 0 Å². The Morgan fingerprint density at radius 1 is 1.29 bits per heavy atom. The Labute approximate surface area is 146 Å². The van der Waals surface area contributed by atoms with Gasteiger partial charge in [0, 0.05) is 12.0 Å². The lowest BCUT2D eigenvalue weighted by atomic mass is 9.55. The Bertz CT molecular complexity index is 529. The van der Waals surface area contributed by atoms with Crippen molar-refractivity contribution in [2.75, 3.05) is 7.11 Å². The van der Waals surface area contributed by atoms with Crippen LogP contribution in [0, 0.1) is 22.7 Å². The van der Waals surface area contributed by atoms with E-state index in [1.165, 1.54) is 20.0 Å². The number of carbonyl (C=O) groups excluding carboxylic acids is 2. The Hall–Kier alpha value is -1.38. The van der Waals surface area contributed by atoms with Crippen molar-refractivity contribution in [2.24, 2.45) is 22.7 Å². The van der Waals surface area contributed by atoms with Crippen molar-refractivity contribution < 1.29 is 14.3 Å². The molecule has 0 aromatic carbocycles. The first-order valence-electron chi connectivity index (χ1n) is 9.26. The lowest BCUT2D eigenvalue weighted by molar-refractivity contribution is -0.135. The van der Waals surface area contributed by atoms with Gasteiger partial charge in [0.25, 0.3) is 0 Å². The van der Waals surface area contributed by atoms with Gasteiger partial charge < -0.3 is 4.74 Å². The van der Waals surface area contributed by atoms with E-state index in [9.17, 15) is 9.59 Å². The number of rotatable bonds is 5. The normalized spacial score (nSPS) is 32.9. The van der Waals surface area contributed by atoms with E-state index in [0.29, 0.717) is 11.7 Å². The Morgan fingerprint density at radius 3 is 2.71 bits per heavy atom. The zero-order chi connectivity index (χ0) is 17.8. The standard InChI is InChI=1S/C21H32O3/c1-20(2)13-7-14-21(3,15-12-19(23)24-4)18(20)11-10-16-8-5-6-9-17(16)22/h6,9,12,15-16,18H,5,7-8,10-11,13-14H2,1-4H3/b15-12+/t16?,18-,21-/m0/s1. The van der Waals surface area contributed by atoms with Gasteiger partial charge in [-0.25, -0.2) is 4.79 Å². The summed E-state index contributed by atoms with van der Waals surface area (Å²) in [5.74, 6) is 0.660. The van der Waals surface area contributed by atoms with Gasteiger partial charge in [-0.15, -0.1) is 0 Å². The van der Waals surface area contributed by atoms with Crippen LogP contribution >= 0.6 is 0 Å². The van der Waals surface area contributed by atoms with Crippen LogP contribution in [0.5, 0.6) is 0 Å². The zero-order valence-corrected chi connectivity index (χ0v) is 15.6. The Balaban J connectivity index is 2.13. The number of ether oxygens (including phenoxy) is 1. The molecule has 0 spiro atoms. The molecule has 0 radical (unpaired) electrons. The smallest absolute Gasteiger partial charge is 0.330 e. The summed E-state index contributed by atoms with van der Waals surface area (Å²) in [5.41, 5.74) is 0.213. The fraction of sp³-hybridized carbons (Fsp3) is 0.714. The monoisotopic (exact) mass is 332 g/mol. The maximum Gasteiger partial charge on any atom is 0.330 e. The molecule has 2 rings (SSSR count). The van der Waals surface area contributed by atoms with E-state index in [0.717, 1.165) is 32.1 Å². The van der Waals surface area contributed by atoms with Crippen molar-refractivity contribution in [3.63, 3.8) is 0 Å². The highest BCUT2D eigenvalue weighted by Crippen LogP contribution is 2.54. The number of hydrogen-bond acceptors (Lipinski definition) is 3. The second kappa shape index (κ2) is 7.67. The minimum Gasteiger partial charge on any atom is -0.466 e. The number of allylic oxidation sites excluding steroid dienone is 3. The molecule has 1 unspecified atom stereocenters. The Kier molecular flexibility index (Phi) is 6.06. The molecule has 0 saturated heterocycles. The molecule has 3 atom stereocenters. The minimum atomic E-state index is -0.286. The average Bonchev–Trinajstić information content (AvgIpc) is 2.53. The van der Waals surface area contributed by atoms with Crippen molar-refractivity contribution >= 4 is 11.8 Å². The molecule has 0 bridgehead atoms. The molecule has 0 aromatic rings. The molecule has 0 N–H and O–H groups in total. The van der Waals surface area contributed by atoms with E-state index in [2.05, 4.69) is 26.8 Å². The van der Waals surface area contributed by atoms with E-state index < -0.39 is 0 Å². The number of ketones is 1. The van der Waals surface area contributed by atoms with Crippen molar-refractivity contribution in [2.45, 2.75) is 65.7 Å². The summed E-state index contributed by atoms with van der Waals surface area (Å²) in [6.07, 6.45) is 14.9. The topological polar surface area (TPSA) is 43.4 Å². The molecule has 3 nitrogen and oxygen atoms in total. The molecule has 0 heterocycles. The lowest BCUT2D eigenvalue weighted by Crippen LogP contribution is -2.41. The maximum absolute atomic E-state index is 12.1. The van der Waals surface area contributed by atoms with E-state index in [1.807, 2.05) is 6.08 Å². The van der Waals surface area contributed by atoms with Gasteiger partial charge in [0.05, 0.1) is 7.11 Å². The summed E-state index contributed by atoms with van der Waals surface area (Å²) in [7, 11) is 1.42. The predicted octanol–water partition coefficient (Wildman–Crippen LogP) is 4.86. The van der Waals surface area contributed by atoms with Gasteiger partial charge in [0.2, 0.25) is 0 Å². The average molecular weight is 332 g/mol. The summed E-state index contributed by atoms with van der Waals surface area (Å²) >= 11 is 0. The SMILES string of the molecule is COC(=O)/C=C/[C@]1(C)CCCC(C)(C)[C@@H]1CCC1CCC=CC1=O. The highest BCUT2D eigenvalue weighted by molar-refractivity contribution is 5.92. The molecule has 24 heavy (non-hydrogen) atoms. The molecule has 2 aliphatic rings. The van der Waals surface area contributed by atoms with Crippen LogP contribution in [-0.4, -0.2) is 18.9 Å². The third-order valence-corrected chi connectivity index (χ3v) is 6.25. The molecular formula is C21H32O3. The van der Waals surface area contributed by atoms with Crippen LogP contribution in [0.15, 0.2) is 24.3 Å². The van der Waals surface area contributed by atoms with Gasteiger partial charge in [0.1, 0.15) is 0 Å². The summed E-state index contributed by atoms with van der Waals surface area (Å²) in [4.78, 5) is 23.6. The second-order valence-corrected chi connectivity index (χ2v) is 8.41. The fourth-order valence-corrected chi connectivity index (χ4v) is 4.84. The summed E-state index contributed by atoms with van der Waals surface area (Å²) in [6.45, 7) is 6.94. The number of carbonyl (C=O) groups is 2. The van der Waals surface area contributed by atoms with Gasteiger partial charge >= 0.3 is 5.97 Å². The van der Waals surface area contributed by atoms with E-state index >= 15 is 0 Å². The second-order valence-electron chi connectivity index (χ2n) is 8.41.